The quantitative estimate of drug-likeness (QED) is 0.733. The molecule has 0 N–H and O–H groups in total. The first kappa shape index (κ1) is 21.3. The van der Waals surface area contributed by atoms with Crippen molar-refractivity contribution in [1.82, 2.24) is 15.0 Å². The summed E-state index contributed by atoms with van der Waals surface area (Å²) in [5.74, 6) is 2.14. The normalized spacial score (nSPS) is 23.5. The lowest BCUT2D eigenvalue weighted by atomic mass is 9.80. The summed E-state index contributed by atoms with van der Waals surface area (Å²) in [6.07, 6.45) is -1.19. The highest BCUT2D eigenvalue weighted by Crippen LogP contribution is 2.37. The molecule has 0 saturated heterocycles. The van der Waals surface area contributed by atoms with Crippen LogP contribution in [0.25, 0.3) is 0 Å². The van der Waals surface area contributed by atoms with Crippen LogP contribution in [-0.2, 0) is 17.4 Å². The molecule has 1 amide bonds. The third kappa shape index (κ3) is 4.03. The van der Waals surface area contributed by atoms with Crippen LogP contribution in [0.2, 0.25) is 0 Å². The molecule has 0 aromatic carbocycles. The van der Waals surface area contributed by atoms with Crippen molar-refractivity contribution >= 4 is 17.4 Å². The standard InChI is InChI=1S/C21H24F3N5O2/c1-11-18-19(28(3)12(2)20(30)29(18)4)27-17(26-11)9-13-7-15(8-13)31-14-5-6-16(25-10-14)21(22,23)24/h5-6,10,12-13,15H,7-9H2,1-4H3/t12-,13?,15?/m0/s1. The number of ether oxygens (including phenoxy) is 1. The molecule has 0 unspecified atom stereocenters. The fraction of sp³-hybridized carbons (Fsp3) is 0.524. The van der Waals surface area contributed by atoms with Crippen LogP contribution in [0.5, 0.6) is 5.75 Å². The topological polar surface area (TPSA) is 71.5 Å². The minimum absolute atomic E-state index is 0.00573. The Balaban J connectivity index is 1.38. The predicted octanol–water partition coefficient (Wildman–Crippen LogP) is 3.40. The van der Waals surface area contributed by atoms with Crippen molar-refractivity contribution in [2.24, 2.45) is 5.92 Å². The summed E-state index contributed by atoms with van der Waals surface area (Å²) in [6, 6.07) is 1.93. The van der Waals surface area contributed by atoms with E-state index >= 15 is 0 Å². The molecule has 2 aliphatic rings. The Morgan fingerprint density at radius 2 is 1.90 bits per heavy atom. The molecule has 1 atom stereocenters. The van der Waals surface area contributed by atoms with Gasteiger partial charge < -0.3 is 14.5 Å². The number of aryl methyl sites for hydroxylation is 1. The zero-order chi connectivity index (χ0) is 22.5. The molecule has 2 aromatic heterocycles. The fourth-order valence-corrected chi connectivity index (χ4v) is 4.08. The summed E-state index contributed by atoms with van der Waals surface area (Å²) < 4.78 is 43.5. The summed E-state index contributed by atoms with van der Waals surface area (Å²) in [7, 11) is 3.60. The Morgan fingerprint density at radius 1 is 1.19 bits per heavy atom. The van der Waals surface area contributed by atoms with Crippen molar-refractivity contribution in [1.29, 1.82) is 0 Å². The van der Waals surface area contributed by atoms with Gasteiger partial charge in [-0.05, 0) is 44.7 Å². The lowest BCUT2D eigenvalue weighted by molar-refractivity contribution is -0.141. The monoisotopic (exact) mass is 435 g/mol. The first-order valence-electron chi connectivity index (χ1n) is 10.1. The number of hydrogen-bond donors (Lipinski definition) is 0. The van der Waals surface area contributed by atoms with E-state index in [0.29, 0.717) is 18.1 Å². The Kier molecular flexibility index (Phi) is 5.26. The Hall–Kier alpha value is -2.91. The van der Waals surface area contributed by atoms with Crippen LogP contribution in [0.3, 0.4) is 0 Å². The molecule has 10 heteroatoms. The van der Waals surface area contributed by atoms with E-state index in [-0.39, 0.29) is 18.1 Å². The largest absolute Gasteiger partial charge is 0.489 e. The lowest BCUT2D eigenvalue weighted by Crippen LogP contribution is -2.50. The average molecular weight is 435 g/mol. The molecule has 3 heterocycles. The molecule has 0 bridgehead atoms. The Morgan fingerprint density at radius 3 is 2.52 bits per heavy atom. The zero-order valence-electron chi connectivity index (χ0n) is 17.8. The van der Waals surface area contributed by atoms with Crippen LogP contribution in [0.4, 0.5) is 24.7 Å². The van der Waals surface area contributed by atoms with E-state index in [2.05, 4.69) is 9.97 Å². The van der Waals surface area contributed by atoms with E-state index < -0.39 is 11.9 Å². The first-order chi connectivity index (χ1) is 14.5. The van der Waals surface area contributed by atoms with Crippen molar-refractivity contribution in [3.63, 3.8) is 0 Å². The van der Waals surface area contributed by atoms with Crippen molar-refractivity contribution in [2.75, 3.05) is 23.9 Å². The van der Waals surface area contributed by atoms with Crippen LogP contribution in [-0.4, -0.2) is 47.1 Å². The number of aromatic nitrogens is 3. The van der Waals surface area contributed by atoms with Crippen LogP contribution in [0.15, 0.2) is 18.3 Å². The van der Waals surface area contributed by atoms with E-state index in [1.807, 2.05) is 25.8 Å². The summed E-state index contributed by atoms with van der Waals surface area (Å²) in [5.41, 5.74) is 0.564. The SMILES string of the molecule is Cc1nc(CC2CC(Oc3ccc(C(F)(F)F)nc3)C2)nc2c1N(C)C(=O)[C@H](C)N2C. The maximum Gasteiger partial charge on any atom is 0.433 e. The third-order valence-electron chi connectivity index (χ3n) is 6.02. The van der Waals surface area contributed by atoms with Gasteiger partial charge in [-0.25, -0.2) is 15.0 Å². The molecule has 166 valence electrons. The van der Waals surface area contributed by atoms with Crippen LogP contribution < -0.4 is 14.5 Å². The highest BCUT2D eigenvalue weighted by Gasteiger charge is 2.36. The number of carbonyl (C=O) groups is 1. The van der Waals surface area contributed by atoms with Gasteiger partial charge in [0.05, 0.1) is 18.0 Å². The maximum atomic E-state index is 12.6. The fourth-order valence-electron chi connectivity index (χ4n) is 4.08. The van der Waals surface area contributed by atoms with Gasteiger partial charge in [-0.1, -0.05) is 0 Å². The molecule has 1 fully saturated rings. The molecule has 1 aliphatic heterocycles. The van der Waals surface area contributed by atoms with Gasteiger partial charge in [-0.2, -0.15) is 13.2 Å². The number of pyridine rings is 1. The number of amides is 1. The lowest BCUT2D eigenvalue weighted by Gasteiger charge is -2.38. The number of anilines is 2. The highest BCUT2D eigenvalue weighted by atomic mass is 19.4. The van der Waals surface area contributed by atoms with Gasteiger partial charge in [0.2, 0.25) is 5.91 Å². The number of nitrogens with zero attached hydrogens (tertiary/aromatic N) is 5. The second-order valence-corrected chi connectivity index (χ2v) is 8.24. The molecule has 1 saturated carbocycles. The summed E-state index contributed by atoms with van der Waals surface area (Å²) >= 11 is 0. The van der Waals surface area contributed by atoms with Gasteiger partial charge in [0.25, 0.3) is 0 Å². The van der Waals surface area contributed by atoms with Gasteiger partial charge in [0.1, 0.15) is 29.0 Å². The zero-order valence-corrected chi connectivity index (χ0v) is 17.8. The first-order valence-corrected chi connectivity index (χ1v) is 10.1. The molecule has 1 aliphatic carbocycles. The molecular formula is C21H24F3N5O2. The van der Waals surface area contributed by atoms with Gasteiger partial charge in [-0.15, -0.1) is 0 Å². The minimum Gasteiger partial charge on any atom is -0.489 e. The summed E-state index contributed by atoms with van der Waals surface area (Å²) in [5, 5.41) is 0. The number of rotatable bonds is 4. The highest BCUT2D eigenvalue weighted by molar-refractivity contribution is 6.04. The number of likely N-dealkylation sites (N-methyl/N-ethyl adjacent to an activating group) is 2. The van der Waals surface area contributed by atoms with E-state index in [0.717, 1.165) is 48.1 Å². The number of halogens is 3. The summed E-state index contributed by atoms with van der Waals surface area (Å²) in [4.78, 5) is 28.6. The second-order valence-electron chi connectivity index (χ2n) is 8.24. The molecule has 4 rings (SSSR count). The molecular weight excluding hydrogens is 411 g/mol. The smallest absolute Gasteiger partial charge is 0.433 e. The average Bonchev–Trinajstić information content (AvgIpc) is 2.68. The number of alkyl halides is 3. The molecule has 7 nitrogen and oxygen atoms in total. The van der Waals surface area contributed by atoms with Crippen molar-refractivity contribution in [2.45, 2.75) is 51.4 Å². The molecule has 0 spiro atoms. The second kappa shape index (κ2) is 7.65. The van der Waals surface area contributed by atoms with Crippen LogP contribution in [0.1, 0.15) is 37.0 Å². The van der Waals surface area contributed by atoms with E-state index in [1.165, 1.54) is 6.07 Å². The molecule has 2 aromatic rings. The van der Waals surface area contributed by atoms with Crippen molar-refractivity contribution in [3.05, 3.63) is 35.5 Å². The third-order valence-corrected chi connectivity index (χ3v) is 6.02. The number of hydrogen-bond acceptors (Lipinski definition) is 6. The Labute approximate surface area is 178 Å². The van der Waals surface area contributed by atoms with Gasteiger partial charge in [0, 0.05) is 20.5 Å². The van der Waals surface area contributed by atoms with Crippen molar-refractivity contribution < 1.29 is 22.7 Å². The van der Waals surface area contributed by atoms with Gasteiger partial charge in [0.15, 0.2) is 5.82 Å². The van der Waals surface area contributed by atoms with E-state index in [1.54, 1.807) is 11.9 Å². The summed E-state index contributed by atoms with van der Waals surface area (Å²) in [6.45, 7) is 3.73. The number of fused-ring (bicyclic) bond motifs is 1. The van der Waals surface area contributed by atoms with Crippen LogP contribution in [0, 0.1) is 12.8 Å². The van der Waals surface area contributed by atoms with Gasteiger partial charge >= 0.3 is 6.18 Å². The maximum absolute atomic E-state index is 12.6. The predicted molar refractivity (Wildman–Crippen MR) is 108 cm³/mol. The van der Waals surface area contributed by atoms with Crippen molar-refractivity contribution in [3.8, 4) is 5.75 Å². The van der Waals surface area contributed by atoms with E-state index in [9.17, 15) is 18.0 Å². The van der Waals surface area contributed by atoms with Crippen LogP contribution >= 0.6 is 0 Å². The van der Waals surface area contributed by atoms with Gasteiger partial charge in [-0.3, -0.25) is 4.79 Å². The molecule has 0 radical (unpaired) electrons. The molecule has 31 heavy (non-hydrogen) atoms. The Bertz CT molecular complexity index is 990. The van der Waals surface area contributed by atoms with E-state index in [4.69, 9.17) is 9.72 Å². The number of carbonyl (C=O) groups excluding carboxylic acids is 1. The minimum atomic E-state index is -4.46.